The van der Waals surface area contributed by atoms with Gasteiger partial charge in [-0.3, -0.25) is 0 Å². The van der Waals surface area contributed by atoms with Crippen LogP contribution in [0.15, 0.2) is 17.0 Å². The van der Waals surface area contributed by atoms with E-state index in [2.05, 4.69) is 24.6 Å². The first-order chi connectivity index (χ1) is 6.27. The first kappa shape index (κ1) is 7.47. The highest BCUT2D eigenvalue weighted by molar-refractivity contribution is 5.83. The first-order valence-electron chi connectivity index (χ1n) is 3.33. The molecule has 2 rings (SSSR count). The van der Waals surface area contributed by atoms with Crippen LogP contribution in [0, 0.1) is 0 Å². The van der Waals surface area contributed by atoms with Gasteiger partial charge in [0.25, 0.3) is 11.7 Å². The predicted molar refractivity (Wildman–Crippen MR) is 38.8 cm³/mol. The van der Waals surface area contributed by atoms with Gasteiger partial charge in [0.2, 0.25) is 0 Å². The minimum atomic E-state index is -1.23. The smallest absolute Gasteiger partial charge is 0.377 e. The van der Waals surface area contributed by atoms with E-state index >= 15 is 0 Å². The lowest BCUT2D eigenvalue weighted by Crippen LogP contribution is -1.98. The van der Waals surface area contributed by atoms with Crippen LogP contribution in [0.5, 0.6) is 0 Å². The van der Waals surface area contributed by atoms with Gasteiger partial charge in [0, 0.05) is 0 Å². The fraction of sp³-hybridized carbons (Fsp3) is 0. The molecule has 2 aromatic heterocycles. The van der Waals surface area contributed by atoms with Crippen LogP contribution in [0.3, 0.4) is 0 Å². The van der Waals surface area contributed by atoms with E-state index in [1.807, 2.05) is 0 Å². The summed E-state index contributed by atoms with van der Waals surface area (Å²) in [5.74, 6) is -1.49. The van der Waals surface area contributed by atoms with Crippen molar-refractivity contribution >= 4 is 5.97 Å². The number of nitrogens with zero attached hydrogens (tertiary/aromatic N) is 3. The molecule has 7 heteroatoms. The van der Waals surface area contributed by atoms with E-state index in [1.54, 1.807) is 0 Å². The molecule has 2 N–H and O–H groups in total. The molecule has 0 unspecified atom stereocenters. The molecule has 2 heterocycles. The zero-order valence-corrected chi connectivity index (χ0v) is 6.26. The Morgan fingerprint density at radius 3 is 3.00 bits per heavy atom. The number of carbonyl (C=O) groups is 1. The number of aromatic carboxylic acids is 1. The molecule has 66 valence electrons. The monoisotopic (exact) mass is 180 g/mol. The van der Waals surface area contributed by atoms with Gasteiger partial charge in [-0.05, 0) is 5.16 Å². The zero-order valence-electron chi connectivity index (χ0n) is 6.26. The van der Waals surface area contributed by atoms with Crippen molar-refractivity contribution in [2.24, 2.45) is 0 Å². The lowest BCUT2D eigenvalue weighted by atomic mass is 10.5. The van der Waals surface area contributed by atoms with Crippen molar-refractivity contribution in [2.75, 3.05) is 0 Å². The van der Waals surface area contributed by atoms with Crippen LogP contribution in [0.4, 0.5) is 0 Å². The second-order valence-electron chi connectivity index (χ2n) is 2.19. The molecule has 2 aromatic rings. The predicted octanol–water partition coefficient (Wildman–Crippen LogP) is 0.158. The number of nitrogens with one attached hydrogen (secondary N) is 1. The van der Waals surface area contributed by atoms with Crippen molar-refractivity contribution in [3.63, 3.8) is 0 Å². The number of aromatic amines is 1. The minimum absolute atomic E-state index is 0.106. The summed E-state index contributed by atoms with van der Waals surface area (Å²) in [4.78, 5) is 20.4. The third kappa shape index (κ3) is 1.26. The van der Waals surface area contributed by atoms with Crippen LogP contribution in [0.1, 0.15) is 10.6 Å². The maximum absolute atomic E-state index is 10.4. The standard InChI is InChI=1S/C6H4N4O3/c11-6(12)4-9-5(13-10-4)3-1-7-2-8-3/h1-2H,(H,7,8)(H,11,12). The zero-order chi connectivity index (χ0) is 9.26. The third-order valence-electron chi connectivity index (χ3n) is 1.35. The SMILES string of the molecule is O=C(O)c1noc(-c2cnc[nH]2)n1. The van der Waals surface area contributed by atoms with Crippen LogP contribution in [-0.4, -0.2) is 31.2 Å². The van der Waals surface area contributed by atoms with Crippen molar-refractivity contribution in [2.45, 2.75) is 0 Å². The molecule has 0 spiro atoms. The molecule has 0 amide bonds. The van der Waals surface area contributed by atoms with E-state index in [-0.39, 0.29) is 11.7 Å². The summed E-state index contributed by atoms with van der Waals surface area (Å²) in [5.41, 5.74) is 0.486. The number of carboxylic acids is 1. The number of H-pyrrole nitrogens is 1. The molecule has 0 saturated heterocycles. The average molecular weight is 180 g/mol. The molecule has 0 fully saturated rings. The van der Waals surface area contributed by atoms with E-state index in [0.29, 0.717) is 5.69 Å². The van der Waals surface area contributed by atoms with Gasteiger partial charge >= 0.3 is 5.97 Å². The van der Waals surface area contributed by atoms with Crippen LogP contribution >= 0.6 is 0 Å². The summed E-state index contributed by atoms with van der Waals surface area (Å²) in [6.07, 6.45) is 2.89. The number of hydrogen-bond donors (Lipinski definition) is 2. The molecule has 0 aliphatic rings. The second kappa shape index (κ2) is 2.70. The number of imidazole rings is 1. The van der Waals surface area contributed by atoms with Gasteiger partial charge in [0.1, 0.15) is 5.69 Å². The third-order valence-corrected chi connectivity index (χ3v) is 1.35. The van der Waals surface area contributed by atoms with Gasteiger partial charge in [0.05, 0.1) is 12.5 Å². The molecule has 0 aliphatic carbocycles. The lowest BCUT2D eigenvalue weighted by molar-refractivity contribution is 0.0680. The Labute approximate surface area is 71.4 Å². The maximum Gasteiger partial charge on any atom is 0.377 e. The molecule has 13 heavy (non-hydrogen) atoms. The van der Waals surface area contributed by atoms with Gasteiger partial charge in [0.15, 0.2) is 0 Å². The fourth-order valence-electron chi connectivity index (χ4n) is 0.793. The van der Waals surface area contributed by atoms with E-state index < -0.39 is 5.97 Å². The van der Waals surface area contributed by atoms with E-state index in [0.717, 1.165) is 0 Å². The summed E-state index contributed by atoms with van der Waals surface area (Å²) in [5, 5.41) is 11.7. The molecule has 0 aliphatic heterocycles. The van der Waals surface area contributed by atoms with Crippen LogP contribution in [0.2, 0.25) is 0 Å². The molecule has 0 bridgehead atoms. The molecule has 0 atom stereocenters. The molecular formula is C6H4N4O3. The number of rotatable bonds is 2. The summed E-state index contributed by atoms with van der Waals surface area (Å²) < 4.78 is 4.66. The quantitative estimate of drug-likeness (QED) is 0.681. The largest absolute Gasteiger partial charge is 0.475 e. The van der Waals surface area contributed by atoms with E-state index in [4.69, 9.17) is 5.11 Å². The van der Waals surface area contributed by atoms with Crippen LogP contribution in [0.25, 0.3) is 11.6 Å². The topological polar surface area (TPSA) is 105 Å². The normalized spacial score (nSPS) is 10.2. The molecule has 0 aromatic carbocycles. The van der Waals surface area contributed by atoms with Gasteiger partial charge < -0.3 is 14.6 Å². The summed E-state index contributed by atoms with van der Waals surface area (Å²) in [6.45, 7) is 0. The van der Waals surface area contributed by atoms with Gasteiger partial charge in [-0.1, -0.05) is 0 Å². The van der Waals surface area contributed by atoms with Crippen LogP contribution < -0.4 is 0 Å². The van der Waals surface area contributed by atoms with Crippen molar-refractivity contribution in [3.8, 4) is 11.6 Å². The van der Waals surface area contributed by atoms with Crippen LogP contribution in [-0.2, 0) is 0 Å². The lowest BCUT2D eigenvalue weighted by Gasteiger charge is -1.81. The fourth-order valence-corrected chi connectivity index (χ4v) is 0.793. The molecule has 0 radical (unpaired) electrons. The van der Waals surface area contributed by atoms with Gasteiger partial charge in [-0.2, -0.15) is 4.98 Å². The summed E-state index contributed by atoms with van der Waals surface area (Å²) in [6, 6.07) is 0. The summed E-state index contributed by atoms with van der Waals surface area (Å²) >= 11 is 0. The molecular weight excluding hydrogens is 176 g/mol. The van der Waals surface area contributed by atoms with Crippen molar-refractivity contribution in [3.05, 3.63) is 18.3 Å². The Kier molecular flexibility index (Phi) is 1.55. The highest BCUT2D eigenvalue weighted by Crippen LogP contribution is 2.12. The Morgan fingerprint density at radius 2 is 2.46 bits per heavy atom. The number of aromatic nitrogens is 4. The molecule has 7 nitrogen and oxygen atoms in total. The van der Waals surface area contributed by atoms with Crippen molar-refractivity contribution in [1.82, 2.24) is 20.1 Å². The van der Waals surface area contributed by atoms with Gasteiger partial charge in [-0.15, -0.1) is 0 Å². The van der Waals surface area contributed by atoms with E-state index in [9.17, 15) is 4.79 Å². The Morgan fingerprint density at radius 1 is 1.62 bits per heavy atom. The van der Waals surface area contributed by atoms with Crippen molar-refractivity contribution in [1.29, 1.82) is 0 Å². The highest BCUT2D eigenvalue weighted by Gasteiger charge is 2.14. The Hall–Kier alpha value is -2.18. The number of carboxylic acid groups (broad SMARTS) is 1. The number of hydrogen-bond acceptors (Lipinski definition) is 5. The second-order valence-corrected chi connectivity index (χ2v) is 2.19. The highest BCUT2D eigenvalue weighted by atomic mass is 16.5. The Bertz CT molecular complexity index is 419. The first-order valence-corrected chi connectivity index (χ1v) is 3.33. The van der Waals surface area contributed by atoms with E-state index in [1.165, 1.54) is 12.5 Å². The maximum atomic E-state index is 10.4. The summed E-state index contributed by atoms with van der Waals surface area (Å²) in [7, 11) is 0. The van der Waals surface area contributed by atoms with Crippen molar-refractivity contribution < 1.29 is 14.4 Å². The Balaban J connectivity index is 2.39. The average Bonchev–Trinajstić information content (AvgIpc) is 2.75. The minimum Gasteiger partial charge on any atom is -0.475 e. The van der Waals surface area contributed by atoms with Gasteiger partial charge in [-0.25, -0.2) is 9.78 Å². The molecule has 0 saturated carbocycles.